The smallest absolute Gasteiger partial charge is 0.218 e. The fourth-order valence-electron chi connectivity index (χ4n) is 2.77. The van der Waals surface area contributed by atoms with Crippen LogP contribution in [0.3, 0.4) is 0 Å². The van der Waals surface area contributed by atoms with Gasteiger partial charge in [-0.1, -0.05) is 32.0 Å². The molecule has 0 aliphatic rings. The quantitative estimate of drug-likeness (QED) is 0.288. The summed E-state index contributed by atoms with van der Waals surface area (Å²) in [6.07, 6.45) is 4.81. The van der Waals surface area contributed by atoms with Gasteiger partial charge in [0.25, 0.3) is 0 Å². The maximum atomic E-state index is 5.69. The second-order valence-electron chi connectivity index (χ2n) is 6.33. The molecule has 7 nitrogen and oxygen atoms in total. The number of rotatable bonds is 10. The van der Waals surface area contributed by atoms with Gasteiger partial charge in [-0.2, -0.15) is 0 Å². The van der Waals surface area contributed by atoms with Crippen LogP contribution in [-0.4, -0.2) is 29.8 Å². The molecule has 2 aromatic heterocycles. The molecule has 0 fully saturated rings. The molecule has 0 radical (unpaired) electrons. The molecule has 0 spiro atoms. The highest BCUT2D eigenvalue weighted by Gasteiger charge is 2.13. The van der Waals surface area contributed by atoms with Crippen LogP contribution in [0.25, 0.3) is 0 Å². The largest absolute Gasteiger partial charge is 0.477 e. The minimum absolute atomic E-state index is 0. The van der Waals surface area contributed by atoms with Crippen molar-refractivity contribution in [2.75, 3.05) is 13.7 Å². The number of pyridine rings is 1. The Labute approximate surface area is 184 Å². The van der Waals surface area contributed by atoms with Gasteiger partial charge in [0.15, 0.2) is 11.7 Å². The highest BCUT2D eigenvalue weighted by atomic mass is 127. The Balaban J connectivity index is 0.00000392. The lowest BCUT2D eigenvalue weighted by Gasteiger charge is -2.13. The highest BCUT2D eigenvalue weighted by Crippen LogP contribution is 2.22. The number of aliphatic imine (C=N–C) groups is 1. The van der Waals surface area contributed by atoms with E-state index in [4.69, 9.17) is 9.26 Å². The Hall–Kier alpha value is -1.84. The number of halogens is 1. The molecule has 0 aliphatic carbocycles. The van der Waals surface area contributed by atoms with E-state index in [2.05, 4.69) is 46.5 Å². The summed E-state index contributed by atoms with van der Waals surface area (Å²) in [5.41, 5.74) is 2.01. The second kappa shape index (κ2) is 13.4. The molecular formula is C20H32IN5O2. The molecule has 2 N–H and O–H groups in total. The van der Waals surface area contributed by atoms with Crippen LogP contribution in [0.4, 0.5) is 0 Å². The SMILES string of the molecule is CCCOc1ncccc1CNC(=NC)NCc1cc(C(CC)CC)no1.I. The van der Waals surface area contributed by atoms with Crippen molar-refractivity contribution >= 4 is 29.9 Å². The maximum absolute atomic E-state index is 5.69. The molecule has 0 saturated carbocycles. The topological polar surface area (TPSA) is 84.6 Å². The first-order chi connectivity index (χ1) is 13.2. The van der Waals surface area contributed by atoms with Gasteiger partial charge in [-0.25, -0.2) is 4.98 Å². The fraction of sp³-hybridized carbons (Fsp3) is 0.550. The molecular weight excluding hydrogens is 469 g/mol. The third kappa shape index (κ3) is 7.29. The number of ether oxygens (including phenoxy) is 1. The van der Waals surface area contributed by atoms with E-state index in [0.29, 0.717) is 37.5 Å². The second-order valence-corrected chi connectivity index (χ2v) is 6.33. The number of nitrogens with zero attached hydrogens (tertiary/aromatic N) is 3. The van der Waals surface area contributed by atoms with Crippen LogP contribution in [0.1, 0.15) is 63.0 Å². The predicted molar refractivity (Wildman–Crippen MR) is 122 cm³/mol. The van der Waals surface area contributed by atoms with Crippen molar-refractivity contribution < 1.29 is 9.26 Å². The molecule has 0 saturated heterocycles. The van der Waals surface area contributed by atoms with Crippen molar-refractivity contribution in [1.29, 1.82) is 0 Å². The number of guanidine groups is 1. The van der Waals surface area contributed by atoms with Crippen LogP contribution >= 0.6 is 24.0 Å². The van der Waals surface area contributed by atoms with Gasteiger partial charge in [0.2, 0.25) is 5.88 Å². The summed E-state index contributed by atoms with van der Waals surface area (Å²) in [4.78, 5) is 8.56. The number of nitrogens with one attached hydrogen (secondary N) is 2. The monoisotopic (exact) mass is 501 g/mol. The zero-order valence-electron chi connectivity index (χ0n) is 17.2. The molecule has 0 amide bonds. The van der Waals surface area contributed by atoms with E-state index in [1.165, 1.54) is 0 Å². The molecule has 2 heterocycles. The van der Waals surface area contributed by atoms with Crippen molar-refractivity contribution in [1.82, 2.24) is 20.8 Å². The van der Waals surface area contributed by atoms with Crippen molar-refractivity contribution in [2.24, 2.45) is 4.99 Å². The summed E-state index contributed by atoms with van der Waals surface area (Å²) in [5, 5.41) is 10.7. The molecule has 0 bridgehead atoms. The van der Waals surface area contributed by atoms with Crippen molar-refractivity contribution in [3.8, 4) is 5.88 Å². The van der Waals surface area contributed by atoms with E-state index >= 15 is 0 Å². The van der Waals surface area contributed by atoms with Gasteiger partial charge in [-0.05, 0) is 25.3 Å². The first kappa shape index (κ1) is 24.2. The minimum Gasteiger partial charge on any atom is -0.477 e. The van der Waals surface area contributed by atoms with Gasteiger partial charge in [0.05, 0.1) is 18.8 Å². The van der Waals surface area contributed by atoms with Crippen molar-refractivity contribution in [3.05, 3.63) is 41.4 Å². The van der Waals surface area contributed by atoms with E-state index in [0.717, 1.165) is 36.3 Å². The van der Waals surface area contributed by atoms with Crippen LogP contribution in [-0.2, 0) is 13.1 Å². The van der Waals surface area contributed by atoms with E-state index in [1.54, 1.807) is 13.2 Å². The average Bonchev–Trinajstić information content (AvgIpc) is 3.17. The molecule has 0 unspecified atom stereocenters. The Morgan fingerprint density at radius 2 is 1.96 bits per heavy atom. The molecule has 156 valence electrons. The van der Waals surface area contributed by atoms with E-state index in [9.17, 15) is 0 Å². The molecule has 2 aromatic rings. The first-order valence-electron chi connectivity index (χ1n) is 9.68. The zero-order valence-corrected chi connectivity index (χ0v) is 19.5. The Bertz CT molecular complexity index is 716. The van der Waals surface area contributed by atoms with E-state index in [1.807, 2.05) is 18.2 Å². The van der Waals surface area contributed by atoms with Crippen molar-refractivity contribution in [3.63, 3.8) is 0 Å². The molecule has 0 atom stereocenters. The van der Waals surface area contributed by atoms with Gasteiger partial charge in [0.1, 0.15) is 0 Å². The first-order valence-corrected chi connectivity index (χ1v) is 9.68. The third-order valence-corrected chi connectivity index (χ3v) is 4.37. The van der Waals surface area contributed by atoms with Crippen LogP contribution in [0, 0.1) is 0 Å². The Morgan fingerprint density at radius 3 is 2.64 bits per heavy atom. The minimum atomic E-state index is 0. The number of aromatic nitrogens is 2. The lowest BCUT2D eigenvalue weighted by molar-refractivity contribution is 0.301. The molecule has 0 aromatic carbocycles. The Morgan fingerprint density at radius 1 is 1.21 bits per heavy atom. The summed E-state index contributed by atoms with van der Waals surface area (Å²) < 4.78 is 11.1. The zero-order chi connectivity index (χ0) is 19.5. The normalized spacial score (nSPS) is 11.2. The van der Waals surface area contributed by atoms with Crippen LogP contribution in [0.15, 0.2) is 33.9 Å². The van der Waals surface area contributed by atoms with E-state index < -0.39 is 0 Å². The summed E-state index contributed by atoms with van der Waals surface area (Å²) in [6.45, 7) is 8.17. The van der Waals surface area contributed by atoms with Crippen LogP contribution < -0.4 is 15.4 Å². The van der Waals surface area contributed by atoms with Gasteiger partial charge >= 0.3 is 0 Å². The molecule has 28 heavy (non-hydrogen) atoms. The highest BCUT2D eigenvalue weighted by molar-refractivity contribution is 14.0. The standard InChI is InChI=1S/C20H31N5O2.HI/c1-5-11-26-19-16(9-8-10-22-19)13-23-20(21-4)24-14-17-12-18(25-27-17)15(6-2)7-3;/h8-10,12,15H,5-7,11,13-14H2,1-4H3,(H2,21,23,24);1H. The van der Waals surface area contributed by atoms with Crippen molar-refractivity contribution in [2.45, 2.75) is 59.0 Å². The van der Waals surface area contributed by atoms with Gasteiger partial charge < -0.3 is 19.9 Å². The Kier molecular flexibility index (Phi) is 11.5. The summed E-state index contributed by atoms with van der Waals surface area (Å²) in [6, 6.07) is 5.92. The molecule has 2 rings (SSSR count). The summed E-state index contributed by atoms with van der Waals surface area (Å²) in [5.74, 6) is 2.59. The number of hydrogen-bond acceptors (Lipinski definition) is 5. The van der Waals surface area contributed by atoms with Crippen LogP contribution in [0.5, 0.6) is 5.88 Å². The van der Waals surface area contributed by atoms with Gasteiger partial charge in [0, 0.05) is 37.3 Å². The average molecular weight is 501 g/mol. The summed E-state index contributed by atoms with van der Waals surface area (Å²) in [7, 11) is 1.74. The lowest BCUT2D eigenvalue weighted by atomic mass is 9.99. The third-order valence-electron chi connectivity index (χ3n) is 4.37. The van der Waals surface area contributed by atoms with Crippen LogP contribution in [0.2, 0.25) is 0 Å². The number of hydrogen-bond donors (Lipinski definition) is 2. The van der Waals surface area contributed by atoms with E-state index in [-0.39, 0.29) is 24.0 Å². The molecule has 8 heteroatoms. The van der Waals surface area contributed by atoms with Gasteiger partial charge in [-0.15, -0.1) is 24.0 Å². The lowest BCUT2D eigenvalue weighted by Crippen LogP contribution is -2.36. The van der Waals surface area contributed by atoms with Gasteiger partial charge in [-0.3, -0.25) is 4.99 Å². The fourth-order valence-corrected chi connectivity index (χ4v) is 2.77. The summed E-state index contributed by atoms with van der Waals surface area (Å²) >= 11 is 0. The predicted octanol–water partition coefficient (Wildman–Crippen LogP) is 4.25. The maximum Gasteiger partial charge on any atom is 0.218 e. The molecule has 0 aliphatic heterocycles.